The van der Waals surface area contributed by atoms with Crippen LogP contribution in [0.25, 0.3) is 0 Å². The summed E-state index contributed by atoms with van der Waals surface area (Å²) in [6, 6.07) is 0.795. The maximum Gasteiger partial charge on any atom is 0.417 e. The number of carbonyl (C=O) groups is 1. The fourth-order valence-corrected chi connectivity index (χ4v) is 1.83. The van der Waals surface area contributed by atoms with Gasteiger partial charge in [-0.1, -0.05) is 6.42 Å². The monoisotopic (exact) mass is 244 g/mol. The Bertz CT molecular complexity index is 453. The second kappa shape index (κ2) is 4.01. The summed E-state index contributed by atoms with van der Waals surface area (Å²) < 4.78 is 37.4. The lowest BCUT2D eigenvalue weighted by molar-refractivity contribution is -0.137. The van der Waals surface area contributed by atoms with Gasteiger partial charge in [-0.2, -0.15) is 13.2 Å². The smallest absolute Gasteiger partial charge is 0.366 e. The minimum absolute atomic E-state index is 0.0692. The minimum atomic E-state index is -4.50. The number of hydrogen-bond acceptors (Lipinski definition) is 2. The van der Waals surface area contributed by atoms with Gasteiger partial charge in [0.15, 0.2) is 0 Å². The molecule has 1 aliphatic carbocycles. The van der Waals surface area contributed by atoms with Gasteiger partial charge >= 0.3 is 6.18 Å². The third-order valence-electron chi connectivity index (χ3n) is 3.00. The molecule has 1 saturated carbocycles. The van der Waals surface area contributed by atoms with Crippen molar-refractivity contribution in [2.45, 2.75) is 31.4 Å². The fraction of sp³-hybridized carbons (Fsp3) is 0.455. The standard InChI is InChI=1S/C11H11F3N2O/c12-11(13,14)7-4-8(10(15)17)9(16-5-7)6-2-1-3-6/h4-6H,1-3H2,(H2,15,17). The highest BCUT2D eigenvalue weighted by molar-refractivity contribution is 5.94. The SMILES string of the molecule is NC(=O)c1cc(C(F)(F)F)cnc1C1CCC1. The van der Waals surface area contributed by atoms with Crippen LogP contribution in [0.2, 0.25) is 0 Å². The van der Waals surface area contributed by atoms with Crippen molar-refractivity contribution < 1.29 is 18.0 Å². The van der Waals surface area contributed by atoms with E-state index in [9.17, 15) is 18.0 Å². The van der Waals surface area contributed by atoms with E-state index in [0.717, 1.165) is 31.5 Å². The van der Waals surface area contributed by atoms with Crippen LogP contribution >= 0.6 is 0 Å². The molecule has 1 aliphatic rings. The molecule has 0 atom stereocenters. The summed E-state index contributed by atoms with van der Waals surface area (Å²) in [6.07, 6.45) is -1.04. The second-order valence-electron chi connectivity index (χ2n) is 4.15. The van der Waals surface area contributed by atoms with Gasteiger partial charge in [0.1, 0.15) is 0 Å². The van der Waals surface area contributed by atoms with Gasteiger partial charge in [0, 0.05) is 12.1 Å². The molecule has 17 heavy (non-hydrogen) atoms. The van der Waals surface area contributed by atoms with Crippen molar-refractivity contribution >= 4 is 5.91 Å². The number of aromatic nitrogens is 1. The number of amides is 1. The molecule has 1 aromatic rings. The molecule has 1 aromatic heterocycles. The van der Waals surface area contributed by atoms with Gasteiger partial charge in [-0.3, -0.25) is 9.78 Å². The van der Waals surface area contributed by atoms with Crippen LogP contribution in [0.1, 0.15) is 46.8 Å². The van der Waals surface area contributed by atoms with E-state index in [-0.39, 0.29) is 11.5 Å². The van der Waals surface area contributed by atoms with Gasteiger partial charge in [-0.25, -0.2) is 0 Å². The maximum absolute atomic E-state index is 12.5. The zero-order chi connectivity index (χ0) is 12.6. The van der Waals surface area contributed by atoms with E-state index in [4.69, 9.17) is 5.73 Å². The molecule has 0 aliphatic heterocycles. The van der Waals surface area contributed by atoms with E-state index in [1.807, 2.05) is 0 Å². The van der Waals surface area contributed by atoms with Crippen LogP contribution in [0, 0.1) is 0 Å². The van der Waals surface area contributed by atoms with Crippen LogP contribution in [-0.4, -0.2) is 10.9 Å². The van der Waals surface area contributed by atoms with Gasteiger partial charge in [0.05, 0.1) is 16.8 Å². The first-order chi connectivity index (χ1) is 7.89. The zero-order valence-electron chi connectivity index (χ0n) is 8.92. The van der Waals surface area contributed by atoms with Crippen molar-refractivity contribution in [1.82, 2.24) is 4.98 Å². The number of hydrogen-bond donors (Lipinski definition) is 1. The Morgan fingerprint density at radius 2 is 2.06 bits per heavy atom. The predicted octanol–water partition coefficient (Wildman–Crippen LogP) is 2.47. The van der Waals surface area contributed by atoms with Gasteiger partial charge in [0.2, 0.25) is 0 Å². The summed E-state index contributed by atoms with van der Waals surface area (Å²) >= 11 is 0. The van der Waals surface area contributed by atoms with Crippen LogP contribution in [0.15, 0.2) is 12.3 Å². The van der Waals surface area contributed by atoms with Gasteiger partial charge in [0.25, 0.3) is 5.91 Å². The first-order valence-corrected chi connectivity index (χ1v) is 5.26. The Morgan fingerprint density at radius 1 is 1.41 bits per heavy atom. The predicted molar refractivity (Wildman–Crippen MR) is 54.3 cm³/mol. The average Bonchev–Trinajstić information content (AvgIpc) is 2.13. The number of primary amides is 1. The van der Waals surface area contributed by atoms with E-state index >= 15 is 0 Å². The Labute approximate surface area is 95.8 Å². The van der Waals surface area contributed by atoms with Gasteiger partial charge in [-0.05, 0) is 18.9 Å². The normalized spacial score (nSPS) is 16.6. The van der Waals surface area contributed by atoms with E-state index in [1.165, 1.54) is 0 Å². The second-order valence-corrected chi connectivity index (χ2v) is 4.15. The molecule has 1 amide bonds. The van der Waals surface area contributed by atoms with Crippen LogP contribution in [-0.2, 0) is 6.18 Å². The van der Waals surface area contributed by atoms with Crippen LogP contribution in [0.5, 0.6) is 0 Å². The molecule has 0 radical (unpaired) electrons. The third kappa shape index (κ3) is 2.25. The molecule has 0 unspecified atom stereocenters. The minimum Gasteiger partial charge on any atom is -0.366 e. The number of alkyl halides is 3. The number of nitrogens with zero attached hydrogens (tertiary/aromatic N) is 1. The Kier molecular flexibility index (Phi) is 2.81. The molecule has 2 rings (SSSR count). The van der Waals surface area contributed by atoms with Crippen LogP contribution < -0.4 is 5.73 Å². The lowest BCUT2D eigenvalue weighted by Gasteiger charge is -2.26. The molecule has 0 aromatic carbocycles. The Hall–Kier alpha value is -1.59. The van der Waals surface area contributed by atoms with Crippen molar-refractivity contribution in [2.75, 3.05) is 0 Å². The quantitative estimate of drug-likeness (QED) is 0.868. The van der Waals surface area contributed by atoms with Crippen molar-refractivity contribution in [3.05, 3.63) is 29.1 Å². The zero-order valence-corrected chi connectivity index (χ0v) is 8.92. The molecule has 6 heteroatoms. The highest BCUT2D eigenvalue weighted by atomic mass is 19.4. The highest BCUT2D eigenvalue weighted by Gasteiger charge is 2.34. The van der Waals surface area contributed by atoms with Gasteiger partial charge in [-0.15, -0.1) is 0 Å². The first-order valence-electron chi connectivity index (χ1n) is 5.26. The molecule has 2 N–H and O–H groups in total. The Morgan fingerprint density at radius 3 is 2.47 bits per heavy atom. The fourth-order valence-electron chi connectivity index (χ4n) is 1.83. The van der Waals surface area contributed by atoms with E-state index in [0.29, 0.717) is 5.69 Å². The topological polar surface area (TPSA) is 56.0 Å². The van der Waals surface area contributed by atoms with Crippen LogP contribution in [0.3, 0.4) is 0 Å². The largest absolute Gasteiger partial charge is 0.417 e. The summed E-state index contributed by atoms with van der Waals surface area (Å²) in [7, 11) is 0. The molecule has 92 valence electrons. The van der Waals surface area contributed by atoms with Crippen molar-refractivity contribution in [2.24, 2.45) is 5.73 Å². The highest BCUT2D eigenvalue weighted by Crippen LogP contribution is 2.38. The molecule has 3 nitrogen and oxygen atoms in total. The lowest BCUT2D eigenvalue weighted by atomic mass is 9.81. The first kappa shape index (κ1) is 11.9. The van der Waals surface area contributed by atoms with Gasteiger partial charge < -0.3 is 5.73 Å². The lowest BCUT2D eigenvalue weighted by Crippen LogP contribution is -2.21. The number of nitrogens with two attached hydrogens (primary N) is 1. The van der Waals surface area contributed by atoms with Crippen molar-refractivity contribution in [3.8, 4) is 0 Å². The van der Waals surface area contributed by atoms with E-state index in [1.54, 1.807) is 0 Å². The summed E-state index contributed by atoms with van der Waals surface area (Å²) in [5, 5.41) is 0. The molecule has 0 saturated heterocycles. The molecule has 0 bridgehead atoms. The summed E-state index contributed by atoms with van der Waals surface area (Å²) in [4.78, 5) is 14.9. The molecule has 0 spiro atoms. The molecular formula is C11H11F3N2O. The van der Waals surface area contributed by atoms with Crippen molar-refractivity contribution in [3.63, 3.8) is 0 Å². The average molecular weight is 244 g/mol. The molecular weight excluding hydrogens is 233 g/mol. The van der Waals surface area contributed by atoms with Crippen molar-refractivity contribution in [1.29, 1.82) is 0 Å². The Balaban J connectivity index is 2.44. The molecule has 1 heterocycles. The molecule has 1 fully saturated rings. The number of carbonyl (C=O) groups excluding carboxylic acids is 1. The summed E-state index contributed by atoms with van der Waals surface area (Å²) in [5.41, 5.74) is 4.45. The third-order valence-corrected chi connectivity index (χ3v) is 3.00. The number of rotatable bonds is 2. The number of pyridine rings is 1. The van der Waals surface area contributed by atoms with E-state index in [2.05, 4.69) is 4.98 Å². The maximum atomic E-state index is 12.5. The van der Waals surface area contributed by atoms with E-state index < -0.39 is 17.6 Å². The number of halogens is 3. The summed E-state index contributed by atoms with van der Waals surface area (Å²) in [6.45, 7) is 0. The van der Waals surface area contributed by atoms with Crippen LogP contribution in [0.4, 0.5) is 13.2 Å². The summed E-state index contributed by atoms with van der Waals surface area (Å²) in [5.74, 6) is -0.787.